The molecular weight excluding hydrogens is 390 g/mol. The molecule has 2 amide bonds. The van der Waals surface area contributed by atoms with Gasteiger partial charge in [0.25, 0.3) is 0 Å². The zero-order chi connectivity index (χ0) is 22.8. The number of nitrogens with zero attached hydrogens (tertiary/aromatic N) is 2. The molecule has 4 atom stereocenters. The zero-order valence-corrected chi connectivity index (χ0v) is 19.7. The summed E-state index contributed by atoms with van der Waals surface area (Å²) in [6.07, 6.45) is 1.60. The van der Waals surface area contributed by atoms with Gasteiger partial charge in [0.15, 0.2) is 0 Å². The fourth-order valence-corrected chi connectivity index (χ4v) is 5.45. The normalized spacial score (nSPS) is 24.8. The van der Waals surface area contributed by atoms with Crippen LogP contribution in [-0.2, 0) is 11.3 Å². The summed E-state index contributed by atoms with van der Waals surface area (Å²) in [7, 11) is 0. The first-order valence-corrected chi connectivity index (χ1v) is 11.6. The van der Waals surface area contributed by atoms with E-state index in [-0.39, 0.29) is 17.9 Å². The molecule has 6 nitrogen and oxygen atoms in total. The molecule has 31 heavy (non-hydrogen) atoms. The highest BCUT2D eigenvalue weighted by atomic mass is 16.4. The average molecular weight is 430 g/mol. The number of amides is 2. The molecular formula is C25H39N3O3. The molecule has 3 rings (SSSR count). The van der Waals surface area contributed by atoms with Crippen molar-refractivity contribution in [2.45, 2.75) is 78.0 Å². The van der Waals surface area contributed by atoms with Crippen molar-refractivity contribution in [3.63, 3.8) is 0 Å². The Balaban J connectivity index is 1.67. The van der Waals surface area contributed by atoms with Gasteiger partial charge in [0.05, 0.1) is 0 Å². The molecule has 2 N–H and O–H groups in total. The second-order valence-corrected chi connectivity index (χ2v) is 10.8. The van der Waals surface area contributed by atoms with Crippen LogP contribution in [0.2, 0.25) is 0 Å². The molecule has 0 unspecified atom stereocenters. The molecule has 0 spiro atoms. The maximum absolute atomic E-state index is 13.4. The molecule has 0 radical (unpaired) electrons. The number of carbonyl (C=O) groups is 2. The van der Waals surface area contributed by atoms with Crippen LogP contribution in [0.4, 0.5) is 4.79 Å². The topological polar surface area (TPSA) is 72.9 Å². The van der Waals surface area contributed by atoms with E-state index >= 15 is 0 Å². The quantitative estimate of drug-likeness (QED) is 0.681. The zero-order valence-electron chi connectivity index (χ0n) is 19.7. The highest BCUT2D eigenvalue weighted by Crippen LogP contribution is 2.39. The van der Waals surface area contributed by atoms with Gasteiger partial charge in [-0.3, -0.25) is 14.6 Å². The van der Waals surface area contributed by atoms with Crippen LogP contribution in [0, 0.1) is 17.8 Å². The summed E-state index contributed by atoms with van der Waals surface area (Å²) < 4.78 is 0. The van der Waals surface area contributed by atoms with E-state index in [9.17, 15) is 14.7 Å². The SMILES string of the molecule is CC(C)C[C@@H](C(=O)N[C@H]1CC[C@@H]2CN(Cc3ccccc3)C[C@@H]21)N(C(=O)O)C(C)(C)C. The molecule has 1 aliphatic carbocycles. The van der Waals surface area contributed by atoms with Gasteiger partial charge >= 0.3 is 6.09 Å². The second kappa shape index (κ2) is 9.60. The van der Waals surface area contributed by atoms with Gasteiger partial charge in [0, 0.05) is 31.2 Å². The Hall–Kier alpha value is -2.08. The monoisotopic (exact) mass is 429 g/mol. The lowest BCUT2D eigenvalue weighted by atomic mass is 9.94. The number of hydrogen-bond donors (Lipinski definition) is 2. The molecule has 0 aromatic heterocycles. The Morgan fingerprint density at radius 1 is 1.16 bits per heavy atom. The Morgan fingerprint density at radius 3 is 2.42 bits per heavy atom. The van der Waals surface area contributed by atoms with E-state index in [1.54, 1.807) is 0 Å². The van der Waals surface area contributed by atoms with Crippen molar-refractivity contribution in [1.29, 1.82) is 0 Å². The molecule has 1 aliphatic heterocycles. The first kappa shape index (κ1) is 23.6. The third kappa shape index (κ3) is 5.79. The van der Waals surface area contributed by atoms with Crippen molar-refractivity contribution in [3.05, 3.63) is 35.9 Å². The third-order valence-electron chi connectivity index (χ3n) is 6.75. The van der Waals surface area contributed by atoms with Gasteiger partial charge in [-0.05, 0) is 63.4 Å². The molecule has 6 heteroatoms. The number of nitrogens with one attached hydrogen (secondary N) is 1. The molecule has 1 saturated carbocycles. The number of benzene rings is 1. The molecule has 0 bridgehead atoms. The fourth-order valence-electron chi connectivity index (χ4n) is 5.45. The van der Waals surface area contributed by atoms with E-state index in [4.69, 9.17) is 0 Å². The van der Waals surface area contributed by atoms with E-state index in [0.29, 0.717) is 18.3 Å². The maximum atomic E-state index is 13.4. The van der Waals surface area contributed by atoms with E-state index in [1.807, 2.05) is 40.7 Å². The number of fused-ring (bicyclic) bond motifs is 1. The molecule has 172 valence electrons. The van der Waals surface area contributed by atoms with Crippen molar-refractivity contribution < 1.29 is 14.7 Å². The molecule has 1 aromatic carbocycles. The smallest absolute Gasteiger partial charge is 0.408 e. The van der Waals surface area contributed by atoms with Gasteiger partial charge in [0.1, 0.15) is 6.04 Å². The summed E-state index contributed by atoms with van der Waals surface area (Å²) >= 11 is 0. The Kier molecular flexibility index (Phi) is 7.30. The third-order valence-corrected chi connectivity index (χ3v) is 6.75. The Morgan fingerprint density at radius 2 is 1.84 bits per heavy atom. The number of hydrogen-bond acceptors (Lipinski definition) is 3. The minimum absolute atomic E-state index is 0.128. The van der Waals surface area contributed by atoms with Gasteiger partial charge in [-0.1, -0.05) is 44.2 Å². The number of carbonyl (C=O) groups excluding carboxylic acids is 1. The van der Waals surface area contributed by atoms with Crippen LogP contribution in [0.3, 0.4) is 0 Å². The molecule has 2 aliphatic rings. The summed E-state index contributed by atoms with van der Waals surface area (Å²) in [5, 5.41) is 13.1. The Labute approximate surface area is 187 Å². The first-order chi connectivity index (χ1) is 14.6. The average Bonchev–Trinajstić information content (AvgIpc) is 3.21. The van der Waals surface area contributed by atoms with Crippen molar-refractivity contribution in [2.75, 3.05) is 13.1 Å². The van der Waals surface area contributed by atoms with Crippen LogP contribution >= 0.6 is 0 Å². The van der Waals surface area contributed by atoms with Gasteiger partial charge in [-0.25, -0.2) is 4.79 Å². The van der Waals surface area contributed by atoms with Crippen LogP contribution in [-0.4, -0.2) is 57.6 Å². The lowest BCUT2D eigenvalue weighted by molar-refractivity contribution is -0.129. The molecule has 1 aromatic rings. The van der Waals surface area contributed by atoms with Gasteiger partial charge in [-0.15, -0.1) is 0 Å². The van der Waals surface area contributed by atoms with E-state index in [2.05, 4.69) is 34.5 Å². The van der Waals surface area contributed by atoms with Crippen molar-refractivity contribution in [2.24, 2.45) is 17.8 Å². The highest BCUT2D eigenvalue weighted by Gasteiger charge is 2.45. The van der Waals surface area contributed by atoms with Gasteiger partial charge in [-0.2, -0.15) is 0 Å². The molecule has 2 fully saturated rings. The summed E-state index contributed by atoms with van der Waals surface area (Å²) in [5.74, 6) is 1.14. The summed E-state index contributed by atoms with van der Waals surface area (Å²) in [5.41, 5.74) is 0.683. The number of likely N-dealkylation sites (tertiary alicyclic amines) is 1. The van der Waals surface area contributed by atoms with Crippen LogP contribution < -0.4 is 5.32 Å². The van der Waals surface area contributed by atoms with Crippen molar-refractivity contribution in [1.82, 2.24) is 15.1 Å². The molecule has 1 heterocycles. The summed E-state index contributed by atoms with van der Waals surface area (Å²) in [6.45, 7) is 12.6. The number of carboxylic acid groups (broad SMARTS) is 1. The highest BCUT2D eigenvalue weighted by molar-refractivity contribution is 5.86. The van der Waals surface area contributed by atoms with E-state index < -0.39 is 17.7 Å². The lowest BCUT2D eigenvalue weighted by Crippen LogP contribution is -2.58. The fraction of sp³-hybridized carbons (Fsp3) is 0.680. The summed E-state index contributed by atoms with van der Waals surface area (Å²) in [6, 6.07) is 9.98. The van der Waals surface area contributed by atoms with E-state index in [0.717, 1.165) is 32.5 Å². The second-order valence-electron chi connectivity index (χ2n) is 10.8. The van der Waals surface area contributed by atoms with Gasteiger partial charge in [0.2, 0.25) is 5.91 Å². The predicted molar refractivity (Wildman–Crippen MR) is 123 cm³/mol. The molecule has 1 saturated heterocycles. The van der Waals surface area contributed by atoms with Gasteiger partial charge < -0.3 is 10.4 Å². The van der Waals surface area contributed by atoms with Crippen LogP contribution in [0.5, 0.6) is 0 Å². The van der Waals surface area contributed by atoms with Crippen LogP contribution in [0.25, 0.3) is 0 Å². The number of rotatable bonds is 7. The van der Waals surface area contributed by atoms with Crippen LogP contribution in [0.15, 0.2) is 30.3 Å². The minimum Gasteiger partial charge on any atom is -0.465 e. The maximum Gasteiger partial charge on any atom is 0.408 e. The largest absolute Gasteiger partial charge is 0.465 e. The standard InChI is InChI=1S/C25H39N3O3/c1-17(2)13-22(28(24(30)31)25(3,4)5)23(29)26-21-12-11-19-15-27(16-20(19)21)14-18-9-7-6-8-10-18/h6-10,17,19-22H,11-16H2,1-5H3,(H,26,29)(H,30,31)/t19-,20+,21+,22+/m1/s1. The van der Waals surface area contributed by atoms with Crippen molar-refractivity contribution >= 4 is 12.0 Å². The van der Waals surface area contributed by atoms with Crippen molar-refractivity contribution in [3.8, 4) is 0 Å². The van der Waals surface area contributed by atoms with Crippen LogP contribution in [0.1, 0.15) is 59.4 Å². The lowest BCUT2D eigenvalue weighted by Gasteiger charge is -2.40. The van der Waals surface area contributed by atoms with E-state index in [1.165, 1.54) is 10.5 Å². The summed E-state index contributed by atoms with van der Waals surface area (Å²) in [4.78, 5) is 29.2. The predicted octanol–water partition coefficient (Wildman–Crippen LogP) is 4.21. The minimum atomic E-state index is -1.03. The first-order valence-electron chi connectivity index (χ1n) is 11.6. The Bertz CT molecular complexity index is 759.